The van der Waals surface area contributed by atoms with Crippen LogP contribution in [0, 0.1) is 0 Å². The van der Waals surface area contributed by atoms with Gasteiger partial charge in [0.2, 0.25) is 0 Å². The Morgan fingerprint density at radius 3 is 2.32 bits per heavy atom. The molecule has 0 aliphatic rings. The van der Waals surface area contributed by atoms with Crippen molar-refractivity contribution in [3.8, 4) is 11.1 Å². The molecule has 4 heteroatoms. The average molecular weight is 276 g/mol. The van der Waals surface area contributed by atoms with E-state index in [2.05, 4.69) is 0 Å². The van der Waals surface area contributed by atoms with Crippen LogP contribution in [0.5, 0.6) is 0 Å². The number of benzene rings is 2. The quantitative estimate of drug-likeness (QED) is 0.932. The summed E-state index contributed by atoms with van der Waals surface area (Å²) in [5.74, 6) is 0. The zero-order valence-corrected chi connectivity index (χ0v) is 11.5. The molecule has 0 bridgehead atoms. The Hall–Kier alpha value is -1.65. The van der Waals surface area contributed by atoms with Gasteiger partial charge in [0.05, 0.1) is 4.90 Å². The van der Waals surface area contributed by atoms with Crippen molar-refractivity contribution < 1.29 is 13.5 Å². The molecule has 0 aliphatic heterocycles. The molecule has 1 N–H and O–H groups in total. The van der Waals surface area contributed by atoms with E-state index in [1.54, 1.807) is 18.2 Å². The van der Waals surface area contributed by atoms with Crippen molar-refractivity contribution in [1.82, 2.24) is 0 Å². The standard InChI is InChI=1S/C15H16O3S/c1-19(17,18)14-8-7-13(9-10-16)15(11-14)12-5-3-2-4-6-12/h2-8,11,16H,9-10H2,1H3. The van der Waals surface area contributed by atoms with Crippen molar-refractivity contribution in [2.24, 2.45) is 0 Å². The number of sulfone groups is 1. The summed E-state index contributed by atoms with van der Waals surface area (Å²) in [5, 5.41) is 9.10. The highest BCUT2D eigenvalue weighted by molar-refractivity contribution is 7.90. The van der Waals surface area contributed by atoms with E-state index in [1.165, 1.54) is 6.26 Å². The maximum Gasteiger partial charge on any atom is 0.175 e. The Balaban J connectivity index is 2.61. The Morgan fingerprint density at radius 1 is 1.05 bits per heavy atom. The van der Waals surface area contributed by atoms with Crippen LogP contribution in [0.1, 0.15) is 5.56 Å². The molecule has 100 valence electrons. The van der Waals surface area contributed by atoms with Crippen LogP contribution in [0.3, 0.4) is 0 Å². The van der Waals surface area contributed by atoms with Gasteiger partial charge in [0.25, 0.3) is 0 Å². The van der Waals surface area contributed by atoms with E-state index in [0.29, 0.717) is 11.3 Å². The fourth-order valence-corrected chi connectivity index (χ4v) is 2.66. The second-order valence-corrected chi connectivity index (χ2v) is 6.45. The van der Waals surface area contributed by atoms with E-state index in [1.807, 2.05) is 30.3 Å². The second-order valence-electron chi connectivity index (χ2n) is 4.43. The van der Waals surface area contributed by atoms with Gasteiger partial charge in [-0.3, -0.25) is 0 Å². The van der Waals surface area contributed by atoms with Crippen LogP contribution in [-0.2, 0) is 16.3 Å². The fraction of sp³-hybridized carbons (Fsp3) is 0.200. The molecule has 2 rings (SSSR count). The van der Waals surface area contributed by atoms with Crippen LogP contribution in [0.2, 0.25) is 0 Å². The van der Waals surface area contributed by atoms with Crippen LogP contribution in [0.15, 0.2) is 53.4 Å². The molecule has 0 atom stereocenters. The molecule has 0 radical (unpaired) electrons. The summed E-state index contributed by atoms with van der Waals surface area (Å²) >= 11 is 0. The monoisotopic (exact) mass is 276 g/mol. The Bertz CT molecular complexity index is 661. The molecule has 2 aromatic carbocycles. The van der Waals surface area contributed by atoms with E-state index in [9.17, 15) is 8.42 Å². The summed E-state index contributed by atoms with van der Waals surface area (Å²) in [6.07, 6.45) is 1.71. The zero-order valence-electron chi connectivity index (χ0n) is 10.7. The molecule has 0 unspecified atom stereocenters. The summed E-state index contributed by atoms with van der Waals surface area (Å²) in [4.78, 5) is 0.299. The first kappa shape index (κ1) is 13.8. The van der Waals surface area contributed by atoms with Gasteiger partial charge in [-0.2, -0.15) is 0 Å². The third-order valence-electron chi connectivity index (χ3n) is 2.98. The normalized spacial score (nSPS) is 11.5. The highest BCUT2D eigenvalue weighted by atomic mass is 32.2. The molecule has 0 aromatic heterocycles. The van der Waals surface area contributed by atoms with E-state index < -0.39 is 9.84 Å². The Labute approximate surface area is 113 Å². The van der Waals surface area contributed by atoms with Crippen molar-refractivity contribution in [3.05, 3.63) is 54.1 Å². The van der Waals surface area contributed by atoms with Gasteiger partial charge < -0.3 is 5.11 Å². The topological polar surface area (TPSA) is 54.4 Å². The summed E-state index contributed by atoms with van der Waals surface area (Å²) in [5.41, 5.74) is 2.76. The molecule has 0 heterocycles. The molecular weight excluding hydrogens is 260 g/mol. The third-order valence-corrected chi connectivity index (χ3v) is 4.09. The van der Waals surface area contributed by atoms with Crippen molar-refractivity contribution in [2.75, 3.05) is 12.9 Å². The number of aliphatic hydroxyl groups is 1. The summed E-state index contributed by atoms with van der Waals surface area (Å²) in [7, 11) is -3.23. The highest BCUT2D eigenvalue weighted by Gasteiger charge is 2.12. The SMILES string of the molecule is CS(=O)(=O)c1ccc(CCO)c(-c2ccccc2)c1. The lowest BCUT2D eigenvalue weighted by Gasteiger charge is -2.11. The maximum atomic E-state index is 11.6. The van der Waals surface area contributed by atoms with Crippen LogP contribution in [0.4, 0.5) is 0 Å². The average Bonchev–Trinajstić information content (AvgIpc) is 2.39. The minimum absolute atomic E-state index is 0.0397. The van der Waals surface area contributed by atoms with Gasteiger partial charge in [-0.25, -0.2) is 8.42 Å². The molecule has 0 saturated carbocycles. The maximum absolute atomic E-state index is 11.6. The summed E-state index contributed by atoms with van der Waals surface area (Å²) in [6, 6.07) is 14.6. The fourth-order valence-electron chi connectivity index (χ4n) is 2.01. The van der Waals surface area contributed by atoms with Gasteiger partial charge in [0.15, 0.2) is 9.84 Å². The van der Waals surface area contributed by atoms with Crippen LogP contribution in [0.25, 0.3) is 11.1 Å². The van der Waals surface area contributed by atoms with Crippen LogP contribution >= 0.6 is 0 Å². The summed E-state index contributed by atoms with van der Waals surface area (Å²) in [6.45, 7) is 0.0397. The predicted octanol–water partition coefficient (Wildman–Crippen LogP) is 2.29. The van der Waals surface area contributed by atoms with Gasteiger partial charge in [0, 0.05) is 12.9 Å². The zero-order chi connectivity index (χ0) is 13.9. The van der Waals surface area contributed by atoms with E-state index >= 15 is 0 Å². The highest BCUT2D eigenvalue weighted by Crippen LogP contribution is 2.27. The molecule has 3 nitrogen and oxygen atoms in total. The van der Waals surface area contributed by atoms with Crippen molar-refractivity contribution >= 4 is 9.84 Å². The molecule has 0 amide bonds. The van der Waals surface area contributed by atoms with E-state index in [0.717, 1.165) is 16.7 Å². The molecule has 0 spiro atoms. The smallest absolute Gasteiger partial charge is 0.175 e. The number of aliphatic hydroxyl groups excluding tert-OH is 1. The lowest BCUT2D eigenvalue weighted by atomic mass is 9.98. The van der Waals surface area contributed by atoms with Crippen LogP contribution in [-0.4, -0.2) is 26.4 Å². The minimum Gasteiger partial charge on any atom is -0.396 e. The third kappa shape index (κ3) is 3.22. The van der Waals surface area contributed by atoms with Crippen molar-refractivity contribution in [1.29, 1.82) is 0 Å². The number of rotatable bonds is 4. The number of hydrogen-bond donors (Lipinski definition) is 1. The largest absolute Gasteiger partial charge is 0.396 e. The lowest BCUT2D eigenvalue weighted by Crippen LogP contribution is -2.00. The first-order valence-corrected chi connectivity index (χ1v) is 7.91. The molecule has 2 aromatic rings. The van der Waals surface area contributed by atoms with Crippen molar-refractivity contribution in [3.63, 3.8) is 0 Å². The van der Waals surface area contributed by atoms with Gasteiger partial charge in [-0.05, 0) is 35.2 Å². The molecule has 19 heavy (non-hydrogen) atoms. The van der Waals surface area contributed by atoms with Crippen molar-refractivity contribution in [2.45, 2.75) is 11.3 Å². The van der Waals surface area contributed by atoms with E-state index in [4.69, 9.17) is 5.11 Å². The van der Waals surface area contributed by atoms with Crippen LogP contribution < -0.4 is 0 Å². The molecule has 0 aliphatic carbocycles. The van der Waals surface area contributed by atoms with Gasteiger partial charge >= 0.3 is 0 Å². The molecule has 0 saturated heterocycles. The molecular formula is C15H16O3S. The first-order chi connectivity index (χ1) is 9.02. The first-order valence-electron chi connectivity index (χ1n) is 6.01. The predicted molar refractivity (Wildman–Crippen MR) is 75.8 cm³/mol. The second kappa shape index (κ2) is 5.55. The van der Waals surface area contributed by atoms with Gasteiger partial charge in [-0.1, -0.05) is 36.4 Å². The minimum atomic E-state index is -3.23. The number of hydrogen-bond acceptors (Lipinski definition) is 3. The Kier molecular flexibility index (Phi) is 4.02. The lowest BCUT2D eigenvalue weighted by molar-refractivity contribution is 0.300. The van der Waals surface area contributed by atoms with Gasteiger partial charge in [-0.15, -0.1) is 0 Å². The summed E-state index contributed by atoms with van der Waals surface area (Å²) < 4.78 is 23.3. The van der Waals surface area contributed by atoms with E-state index in [-0.39, 0.29) is 6.61 Å². The molecule has 0 fully saturated rings. The van der Waals surface area contributed by atoms with Gasteiger partial charge in [0.1, 0.15) is 0 Å². The Morgan fingerprint density at radius 2 is 1.74 bits per heavy atom.